The standard InChI is InChI=1S/C21H22N2O4/c1-2-3-14-22-15-4-5-16-27-20-12-8-18(9-13-20)21(24)17-6-10-19(11-7-17)23(25)26/h2,4-13,22H,1,3,14-16H2. The third-order valence-corrected chi connectivity index (χ3v) is 3.76. The van der Waals surface area contributed by atoms with Crippen LogP contribution in [0, 0.1) is 10.1 Å². The normalized spacial score (nSPS) is 10.7. The van der Waals surface area contributed by atoms with E-state index in [1.807, 2.05) is 18.2 Å². The fourth-order valence-corrected chi connectivity index (χ4v) is 2.29. The van der Waals surface area contributed by atoms with E-state index in [0.29, 0.717) is 23.5 Å². The molecular weight excluding hydrogens is 344 g/mol. The van der Waals surface area contributed by atoms with Gasteiger partial charge in [0, 0.05) is 29.8 Å². The van der Waals surface area contributed by atoms with Crippen LogP contribution in [0.1, 0.15) is 22.3 Å². The van der Waals surface area contributed by atoms with E-state index >= 15 is 0 Å². The zero-order chi connectivity index (χ0) is 19.5. The quantitative estimate of drug-likeness (QED) is 0.214. The van der Waals surface area contributed by atoms with Crippen molar-refractivity contribution in [3.8, 4) is 5.75 Å². The molecule has 6 heteroatoms. The molecule has 27 heavy (non-hydrogen) atoms. The molecule has 0 saturated heterocycles. The van der Waals surface area contributed by atoms with Crippen LogP contribution in [-0.2, 0) is 0 Å². The Bertz CT molecular complexity index is 796. The number of rotatable bonds is 11. The van der Waals surface area contributed by atoms with Crippen LogP contribution in [0.2, 0.25) is 0 Å². The monoisotopic (exact) mass is 366 g/mol. The summed E-state index contributed by atoms with van der Waals surface area (Å²) in [6, 6.07) is 12.4. The molecule has 0 bridgehead atoms. The van der Waals surface area contributed by atoms with E-state index in [1.165, 1.54) is 24.3 Å². The number of nitrogens with zero attached hydrogens (tertiary/aromatic N) is 1. The lowest BCUT2D eigenvalue weighted by molar-refractivity contribution is -0.384. The Labute approximate surface area is 158 Å². The van der Waals surface area contributed by atoms with Crippen molar-refractivity contribution in [1.29, 1.82) is 0 Å². The first-order valence-electron chi connectivity index (χ1n) is 8.60. The molecule has 6 nitrogen and oxygen atoms in total. The van der Waals surface area contributed by atoms with E-state index in [2.05, 4.69) is 11.9 Å². The number of ketones is 1. The van der Waals surface area contributed by atoms with E-state index in [9.17, 15) is 14.9 Å². The van der Waals surface area contributed by atoms with Gasteiger partial charge in [-0.15, -0.1) is 6.58 Å². The average Bonchev–Trinajstić information content (AvgIpc) is 2.70. The number of ether oxygens (including phenoxy) is 1. The number of carbonyl (C=O) groups is 1. The minimum atomic E-state index is -0.494. The highest BCUT2D eigenvalue weighted by Crippen LogP contribution is 2.18. The number of carbonyl (C=O) groups excluding carboxylic acids is 1. The second-order valence-electron chi connectivity index (χ2n) is 5.72. The Hall–Kier alpha value is -3.25. The van der Waals surface area contributed by atoms with Crippen molar-refractivity contribution in [3.63, 3.8) is 0 Å². The SMILES string of the molecule is C=CCCNCC=CCOc1ccc(C(=O)c2ccc([N+](=O)[O-])cc2)cc1. The van der Waals surface area contributed by atoms with Gasteiger partial charge < -0.3 is 10.1 Å². The molecule has 0 amide bonds. The number of hydrogen-bond donors (Lipinski definition) is 1. The highest BCUT2D eigenvalue weighted by molar-refractivity contribution is 6.09. The average molecular weight is 366 g/mol. The zero-order valence-corrected chi connectivity index (χ0v) is 15.0. The summed E-state index contributed by atoms with van der Waals surface area (Å²) in [7, 11) is 0. The van der Waals surface area contributed by atoms with Gasteiger partial charge in [-0.1, -0.05) is 18.2 Å². The van der Waals surface area contributed by atoms with Crippen LogP contribution in [-0.4, -0.2) is 30.4 Å². The van der Waals surface area contributed by atoms with Crippen molar-refractivity contribution in [1.82, 2.24) is 5.32 Å². The van der Waals surface area contributed by atoms with Crippen LogP contribution < -0.4 is 10.1 Å². The highest BCUT2D eigenvalue weighted by atomic mass is 16.6. The second-order valence-corrected chi connectivity index (χ2v) is 5.72. The van der Waals surface area contributed by atoms with Crippen molar-refractivity contribution in [2.45, 2.75) is 6.42 Å². The van der Waals surface area contributed by atoms with Gasteiger partial charge in [-0.2, -0.15) is 0 Å². The summed E-state index contributed by atoms with van der Waals surface area (Å²) in [5.74, 6) is 0.474. The van der Waals surface area contributed by atoms with Gasteiger partial charge in [0.1, 0.15) is 12.4 Å². The minimum Gasteiger partial charge on any atom is -0.490 e. The summed E-state index contributed by atoms with van der Waals surface area (Å²) < 4.78 is 5.60. The number of nitro groups is 1. The Morgan fingerprint density at radius 2 is 1.70 bits per heavy atom. The predicted molar refractivity (Wildman–Crippen MR) is 105 cm³/mol. The molecule has 0 atom stereocenters. The van der Waals surface area contributed by atoms with E-state index in [4.69, 9.17) is 4.74 Å². The largest absolute Gasteiger partial charge is 0.490 e. The Kier molecular flexibility index (Phi) is 7.93. The zero-order valence-electron chi connectivity index (χ0n) is 15.0. The molecule has 0 heterocycles. The first-order valence-corrected chi connectivity index (χ1v) is 8.60. The first kappa shape index (κ1) is 20.1. The van der Waals surface area contributed by atoms with Gasteiger partial charge in [0.2, 0.25) is 0 Å². The number of benzene rings is 2. The van der Waals surface area contributed by atoms with Gasteiger partial charge in [0.05, 0.1) is 4.92 Å². The maximum absolute atomic E-state index is 12.4. The molecule has 0 radical (unpaired) electrons. The van der Waals surface area contributed by atoms with E-state index in [0.717, 1.165) is 19.5 Å². The van der Waals surface area contributed by atoms with Crippen molar-refractivity contribution in [2.24, 2.45) is 0 Å². The lowest BCUT2D eigenvalue weighted by atomic mass is 10.0. The van der Waals surface area contributed by atoms with Crippen LogP contribution in [0.25, 0.3) is 0 Å². The molecule has 0 unspecified atom stereocenters. The van der Waals surface area contributed by atoms with E-state index in [-0.39, 0.29) is 11.5 Å². The molecule has 1 N–H and O–H groups in total. The molecule has 2 aromatic carbocycles. The smallest absolute Gasteiger partial charge is 0.269 e. The van der Waals surface area contributed by atoms with Gasteiger partial charge in [-0.3, -0.25) is 14.9 Å². The summed E-state index contributed by atoms with van der Waals surface area (Å²) in [6.45, 7) is 5.78. The van der Waals surface area contributed by atoms with Gasteiger partial charge in [0.15, 0.2) is 5.78 Å². The second kappa shape index (κ2) is 10.7. The van der Waals surface area contributed by atoms with Crippen LogP contribution in [0.5, 0.6) is 5.75 Å². The fourth-order valence-electron chi connectivity index (χ4n) is 2.29. The molecule has 140 valence electrons. The Morgan fingerprint density at radius 1 is 1.07 bits per heavy atom. The van der Waals surface area contributed by atoms with Crippen LogP contribution in [0.15, 0.2) is 73.3 Å². The Balaban J connectivity index is 1.83. The maximum Gasteiger partial charge on any atom is 0.269 e. The first-order chi connectivity index (χ1) is 13.1. The van der Waals surface area contributed by atoms with Crippen LogP contribution in [0.3, 0.4) is 0 Å². The van der Waals surface area contributed by atoms with Crippen molar-refractivity contribution in [3.05, 3.63) is 94.6 Å². The lowest BCUT2D eigenvalue weighted by Gasteiger charge is -2.05. The molecule has 0 aliphatic heterocycles. The van der Waals surface area contributed by atoms with Crippen molar-refractivity contribution < 1.29 is 14.5 Å². The molecule has 0 aliphatic carbocycles. The number of hydrogen-bond acceptors (Lipinski definition) is 5. The fraction of sp³-hybridized carbons (Fsp3) is 0.190. The van der Waals surface area contributed by atoms with Crippen LogP contribution in [0.4, 0.5) is 5.69 Å². The van der Waals surface area contributed by atoms with Gasteiger partial charge in [-0.05, 0) is 49.4 Å². The van der Waals surface area contributed by atoms with Crippen LogP contribution >= 0.6 is 0 Å². The summed E-state index contributed by atoms with van der Waals surface area (Å²) in [4.78, 5) is 22.6. The minimum absolute atomic E-state index is 0.0424. The van der Waals surface area contributed by atoms with Gasteiger partial charge >= 0.3 is 0 Å². The molecule has 2 aromatic rings. The molecule has 2 rings (SSSR count). The molecule has 0 fully saturated rings. The number of nitrogens with one attached hydrogen (secondary N) is 1. The molecule has 0 saturated carbocycles. The molecule has 0 aliphatic rings. The van der Waals surface area contributed by atoms with Crippen molar-refractivity contribution >= 4 is 11.5 Å². The number of nitro benzene ring substituents is 1. The maximum atomic E-state index is 12.4. The summed E-state index contributed by atoms with van der Waals surface area (Å²) in [5.41, 5.74) is 0.860. The highest BCUT2D eigenvalue weighted by Gasteiger charge is 2.11. The lowest BCUT2D eigenvalue weighted by Crippen LogP contribution is -2.14. The van der Waals surface area contributed by atoms with Crippen molar-refractivity contribution in [2.75, 3.05) is 19.7 Å². The van der Waals surface area contributed by atoms with E-state index in [1.54, 1.807) is 24.3 Å². The molecule has 0 spiro atoms. The molecular formula is C21H22N2O4. The third-order valence-electron chi connectivity index (χ3n) is 3.76. The van der Waals surface area contributed by atoms with E-state index < -0.39 is 4.92 Å². The summed E-state index contributed by atoms with van der Waals surface area (Å²) >= 11 is 0. The topological polar surface area (TPSA) is 81.5 Å². The predicted octanol–water partition coefficient (Wildman–Crippen LogP) is 3.93. The summed E-state index contributed by atoms with van der Waals surface area (Å²) in [6.07, 6.45) is 6.73. The van der Waals surface area contributed by atoms with Gasteiger partial charge in [0.25, 0.3) is 5.69 Å². The summed E-state index contributed by atoms with van der Waals surface area (Å²) in [5, 5.41) is 13.9. The van der Waals surface area contributed by atoms with Gasteiger partial charge in [-0.25, -0.2) is 0 Å². The molecule has 0 aromatic heterocycles. The Morgan fingerprint density at radius 3 is 2.30 bits per heavy atom. The number of non-ortho nitro benzene ring substituents is 1. The third kappa shape index (κ3) is 6.52.